The Morgan fingerprint density at radius 1 is 1.11 bits per heavy atom. The van der Waals surface area contributed by atoms with E-state index in [1.54, 1.807) is 12.1 Å². The van der Waals surface area contributed by atoms with Gasteiger partial charge >= 0.3 is 0 Å². The molecule has 2 fully saturated rings. The van der Waals surface area contributed by atoms with Crippen molar-refractivity contribution in [3.8, 4) is 11.4 Å². The summed E-state index contributed by atoms with van der Waals surface area (Å²) in [6, 6.07) is 7.07. The number of thioether (sulfide) groups is 1. The molecule has 4 rings (SSSR count). The fourth-order valence-corrected chi connectivity index (χ4v) is 4.85. The van der Waals surface area contributed by atoms with Gasteiger partial charge in [-0.2, -0.15) is 0 Å². The molecule has 5 nitrogen and oxygen atoms in total. The molecule has 1 heterocycles. The highest BCUT2D eigenvalue weighted by Gasteiger charge is 2.38. The minimum atomic E-state index is -0.275. The van der Waals surface area contributed by atoms with Crippen molar-refractivity contribution in [3.05, 3.63) is 30.1 Å². The first kappa shape index (κ1) is 19.4. The molecule has 0 radical (unpaired) electrons. The summed E-state index contributed by atoms with van der Waals surface area (Å²) in [5.41, 5.74) is 0.811. The highest BCUT2D eigenvalue weighted by molar-refractivity contribution is 7.99. The fraction of sp³-hybridized carbons (Fsp3) is 0.571. The van der Waals surface area contributed by atoms with E-state index in [1.807, 2.05) is 11.6 Å². The van der Waals surface area contributed by atoms with E-state index in [-0.39, 0.29) is 11.7 Å². The number of amides is 1. The molecule has 28 heavy (non-hydrogen) atoms. The van der Waals surface area contributed by atoms with Crippen molar-refractivity contribution >= 4 is 17.7 Å². The quantitative estimate of drug-likeness (QED) is 0.677. The number of aromatic nitrogens is 3. The molecule has 1 aromatic heterocycles. The lowest BCUT2D eigenvalue weighted by Crippen LogP contribution is -2.44. The third-order valence-corrected chi connectivity index (χ3v) is 6.87. The van der Waals surface area contributed by atoms with Gasteiger partial charge < -0.3 is 9.47 Å². The Hall–Kier alpha value is -1.89. The van der Waals surface area contributed by atoms with Gasteiger partial charge in [-0.25, -0.2) is 4.39 Å². The van der Waals surface area contributed by atoms with Gasteiger partial charge in [0.15, 0.2) is 11.0 Å². The van der Waals surface area contributed by atoms with Crippen LogP contribution in [0.3, 0.4) is 0 Å². The minimum Gasteiger partial charge on any atom is -0.336 e. The van der Waals surface area contributed by atoms with Crippen molar-refractivity contribution in [2.24, 2.45) is 13.0 Å². The summed E-state index contributed by atoms with van der Waals surface area (Å²) in [7, 11) is 1.88. The highest BCUT2D eigenvalue weighted by Crippen LogP contribution is 2.36. The van der Waals surface area contributed by atoms with Crippen LogP contribution in [0.25, 0.3) is 11.4 Å². The van der Waals surface area contributed by atoms with Gasteiger partial charge in [0.05, 0.1) is 5.75 Å². The number of benzene rings is 1. The van der Waals surface area contributed by atoms with E-state index in [9.17, 15) is 9.18 Å². The molecular formula is C21H27FN4OS. The van der Waals surface area contributed by atoms with Crippen molar-refractivity contribution < 1.29 is 9.18 Å². The molecule has 1 aromatic carbocycles. The molecule has 0 atom stereocenters. The maximum atomic E-state index is 13.1. The van der Waals surface area contributed by atoms with Gasteiger partial charge in [-0.05, 0) is 68.7 Å². The molecule has 1 amide bonds. The average Bonchev–Trinajstić information content (AvgIpc) is 3.45. The first-order valence-electron chi connectivity index (χ1n) is 10.1. The lowest BCUT2D eigenvalue weighted by atomic mass is 9.86. The van der Waals surface area contributed by atoms with E-state index in [1.165, 1.54) is 36.7 Å². The fourth-order valence-electron chi connectivity index (χ4n) is 4.07. The normalized spacial score (nSPS) is 22.2. The van der Waals surface area contributed by atoms with Gasteiger partial charge in [0.25, 0.3) is 0 Å². The molecule has 0 bridgehead atoms. The second-order valence-corrected chi connectivity index (χ2v) is 9.05. The summed E-state index contributed by atoms with van der Waals surface area (Å²) >= 11 is 1.44. The highest BCUT2D eigenvalue weighted by atomic mass is 32.2. The Kier molecular flexibility index (Phi) is 5.71. The van der Waals surface area contributed by atoms with Gasteiger partial charge in [0.2, 0.25) is 5.91 Å². The monoisotopic (exact) mass is 402 g/mol. The molecule has 0 aliphatic heterocycles. The predicted octanol–water partition coefficient (Wildman–Crippen LogP) is 4.28. The third kappa shape index (κ3) is 4.24. The van der Waals surface area contributed by atoms with Crippen LogP contribution >= 0.6 is 11.8 Å². The van der Waals surface area contributed by atoms with Crippen LogP contribution in [-0.4, -0.2) is 43.4 Å². The number of carbonyl (C=O) groups excluding carboxylic acids is 1. The molecule has 0 N–H and O–H groups in total. The van der Waals surface area contributed by atoms with Gasteiger partial charge in [0.1, 0.15) is 5.82 Å². The predicted molar refractivity (Wildman–Crippen MR) is 108 cm³/mol. The zero-order valence-corrected chi connectivity index (χ0v) is 17.3. The third-order valence-electron chi connectivity index (χ3n) is 5.87. The first-order chi connectivity index (χ1) is 13.5. The second-order valence-electron chi connectivity index (χ2n) is 8.11. The number of carbonyl (C=O) groups is 1. The van der Waals surface area contributed by atoms with Crippen molar-refractivity contribution in [1.29, 1.82) is 0 Å². The van der Waals surface area contributed by atoms with E-state index in [2.05, 4.69) is 22.0 Å². The molecule has 2 aliphatic rings. The van der Waals surface area contributed by atoms with Crippen molar-refractivity contribution in [1.82, 2.24) is 19.7 Å². The largest absolute Gasteiger partial charge is 0.336 e. The minimum absolute atomic E-state index is 0.221. The van der Waals surface area contributed by atoms with Crippen LogP contribution in [-0.2, 0) is 11.8 Å². The van der Waals surface area contributed by atoms with Crippen LogP contribution in [0.2, 0.25) is 0 Å². The Morgan fingerprint density at radius 2 is 1.71 bits per heavy atom. The Balaban J connectivity index is 1.41. The summed E-state index contributed by atoms with van der Waals surface area (Å²) in [6.45, 7) is 2.31. The molecule has 2 saturated carbocycles. The zero-order valence-electron chi connectivity index (χ0n) is 16.5. The van der Waals surface area contributed by atoms with E-state index in [0.717, 1.165) is 37.2 Å². The molecule has 0 unspecified atom stereocenters. The van der Waals surface area contributed by atoms with E-state index >= 15 is 0 Å². The summed E-state index contributed by atoms with van der Waals surface area (Å²) in [6.07, 6.45) is 6.99. The number of nitrogens with zero attached hydrogens (tertiary/aromatic N) is 4. The van der Waals surface area contributed by atoms with Crippen LogP contribution in [0.4, 0.5) is 4.39 Å². The van der Waals surface area contributed by atoms with Crippen LogP contribution in [0.5, 0.6) is 0 Å². The maximum Gasteiger partial charge on any atom is 0.233 e. The second kappa shape index (κ2) is 8.23. The lowest BCUT2D eigenvalue weighted by molar-refractivity contribution is -0.132. The van der Waals surface area contributed by atoms with Crippen molar-refractivity contribution in [2.75, 3.05) is 5.75 Å². The van der Waals surface area contributed by atoms with E-state index in [4.69, 9.17) is 0 Å². The summed E-state index contributed by atoms with van der Waals surface area (Å²) in [5.74, 6) is 1.79. The van der Waals surface area contributed by atoms with Gasteiger partial charge in [-0.15, -0.1) is 10.2 Å². The number of hydrogen-bond donors (Lipinski definition) is 0. The Bertz CT molecular complexity index is 825. The zero-order chi connectivity index (χ0) is 19.7. The number of halogens is 1. The molecule has 0 saturated heterocycles. The molecule has 150 valence electrons. The topological polar surface area (TPSA) is 51.0 Å². The van der Waals surface area contributed by atoms with Crippen LogP contribution in [0.15, 0.2) is 29.4 Å². The molecule has 7 heteroatoms. The molecule has 2 aromatic rings. The number of rotatable bonds is 6. The Labute approximate surface area is 169 Å². The van der Waals surface area contributed by atoms with Crippen molar-refractivity contribution in [3.63, 3.8) is 0 Å². The summed E-state index contributed by atoms with van der Waals surface area (Å²) < 4.78 is 15.0. The lowest BCUT2D eigenvalue weighted by Gasteiger charge is -2.36. The van der Waals surface area contributed by atoms with Gasteiger partial charge in [-0.1, -0.05) is 18.7 Å². The average molecular weight is 403 g/mol. The smallest absolute Gasteiger partial charge is 0.233 e. The van der Waals surface area contributed by atoms with Crippen molar-refractivity contribution in [2.45, 2.75) is 62.7 Å². The maximum absolute atomic E-state index is 13.1. The van der Waals surface area contributed by atoms with Crippen LogP contribution in [0.1, 0.15) is 45.4 Å². The summed E-state index contributed by atoms with van der Waals surface area (Å²) in [4.78, 5) is 15.2. The van der Waals surface area contributed by atoms with Crippen LogP contribution < -0.4 is 0 Å². The van der Waals surface area contributed by atoms with Gasteiger partial charge in [0, 0.05) is 24.7 Å². The van der Waals surface area contributed by atoms with E-state index < -0.39 is 0 Å². The number of hydrogen-bond acceptors (Lipinski definition) is 4. The van der Waals surface area contributed by atoms with Gasteiger partial charge in [-0.3, -0.25) is 4.79 Å². The van der Waals surface area contributed by atoms with Crippen LogP contribution in [0, 0.1) is 11.7 Å². The molecular weight excluding hydrogens is 375 g/mol. The Morgan fingerprint density at radius 3 is 2.32 bits per heavy atom. The first-order valence-corrected chi connectivity index (χ1v) is 11.1. The molecule has 0 spiro atoms. The van der Waals surface area contributed by atoms with E-state index in [0.29, 0.717) is 28.8 Å². The standard InChI is InChI=1S/C21H27FN4OS/c1-14-3-9-17(10-4-14)26(18-11-12-18)19(27)13-28-21-24-23-20(25(21)2)15-5-7-16(22)8-6-15/h5-8,14,17-18H,3-4,9-13H2,1-2H3. The molecule has 2 aliphatic carbocycles. The SMILES string of the molecule is CC1CCC(N(C(=O)CSc2nnc(-c3ccc(F)cc3)n2C)C2CC2)CC1. The summed E-state index contributed by atoms with van der Waals surface area (Å²) in [5, 5.41) is 9.18.